The maximum Gasteiger partial charge on any atom is 0.271 e. The predicted molar refractivity (Wildman–Crippen MR) is 72.1 cm³/mol. The number of nitrogens with zero attached hydrogens (tertiary/aromatic N) is 3. The largest absolute Gasteiger partial charge is 0.271 e. The molecule has 0 saturated heterocycles. The molecule has 1 aromatic carbocycles. The minimum atomic E-state index is -0.0495. The number of hydrogen-bond acceptors (Lipinski definition) is 3. The van der Waals surface area contributed by atoms with Crippen LogP contribution < -0.4 is 5.56 Å². The van der Waals surface area contributed by atoms with E-state index in [1.807, 2.05) is 36.6 Å². The van der Waals surface area contributed by atoms with E-state index >= 15 is 0 Å². The van der Waals surface area contributed by atoms with Crippen molar-refractivity contribution in [3.63, 3.8) is 0 Å². The normalized spacial score (nSPS) is 10.9. The Hall–Kier alpha value is -2.01. The number of rotatable bonds is 2. The van der Waals surface area contributed by atoms with E-state index in [-0.39, 0.29) is 5.56 Å². The van der Waals surface area contributed by atoms with Crippen LogP contribution >= 0.6 is 11.8 Å². The van der Waals surface area contributed by atoms with Crippen LogP contribution in [0.2, 0.25) is 0 Å². The molecule has 3 aromatic rings. The second kappa shape index (κ2) is 4.34. The number of aromatic nitrogens is 3. The van der Waals surface area contributed by atoms with Crippen molar-refractivity contribution in [3.8, 4) is 11.3 Å². The van der Waals surface area contributed by atoms with Crippen molar-refractivity contribution in [2.45, 2.75) is 5.16 Å². The van der Waals surface area contributed by atoms with E-state index in [0.29, 0.717) is 0 Å². The van der Waals surface area contributed by atoms with Crippen LogP contribution in [0.25, 0.3) is 11.3 Å². The van der Waals surface area contributed by atoms with Gasteiger partial charge in [0.25, 0.3) is 5.56 Å². The Labute approximate surface area is 108 Å². The minimum Gasteiger partial charge on any atom is -0.267 e. The molecule has 0 bridgehead atoms. The third-order valence-corrected chi connectivity index (χ3v) is 3.41. The Balaban J connectivity index is 2.38. The van der Waals surface area contributed by atoms with E-state index in [1.165, 1.54) is 11.8 Å². The van der Waals surface area contributed by atoms with Crippen molar-refractivity contribution in [1.29, 1.82) is 0 Å². The Morgan fingerprint density at radius 2 is 1.94 bits per heavy atom. The Bertz CT molecular complexity index is 746. The first-order valence-electron chi connectivity index (χ1n) is 5.50. The molecule has 0 radical (unpaired) electrons. The van der Waals surface area contributed by atoms with Crippen LogP contribution in [0.15, 0.2) is 58.7 Å². The molecule has 0 aliphatic rings. The third-order valence-electron chi connectivity index (χ3n) is 2.76. The smallest absolute Gasteiger partial charge is 0.267 e. The fourth-order valence-electron chi connectivity index (χ4n) is 1.94. The molecule has 0 fully saturated rings. The lowest BCUT2D eigenvalue weighted by atomic mass is 10.2. The zero-order valence-electron chi connectivity index (χ0n) is 9.78. The fourth-order valence-corrected chi connectivity index (χ4v) is 2.43. The first kappa shape index (κ1) is 11.1. The van der Waals surface area contributed by atoms with Crippen LogP contribution in [0.4, 0.5) is 0 Å². The predicted octanol–water partition coefficient (Wildman–Crippen LogP) is 2.18. The van der Waals surface area contributed by atoms with Gasteiger partial charge in [-0.15, -0.1) is 0 Å². The van der Waals surface area contributed by atoms with Crippen molar-refractivity contribution in [2.24, 2.45) is 0 Å². The second-order valence-electron chi connectivity index (χ2n) is 3.81. The molecular weight excluding hydrogens is 246 g/mol. The van der Waals surface area contributed by atoms with Gasteiger partial charge in [0.1, 0.15) is 0 Å². The average Bonchev–Trinajstić information content (AvgIpc) is 2.82. The maximum absolute atomic E-state index is 11.9. The fraction of sp³-hybridized carbons (Fsp3) is 0.0769. The van der Waals surface area contributed by atoms with Gasteiger partial charge in [-0.1, -0.05) is 42.1 Å². The molecule has 0 saturated carbocycles. The summed E-state index contributed by atoms with van der Waals surface area (Å²) in [5.41, 5.74) is 1.72. The molecule has 0 aliphatic heterocycles. The van der Waals surface area contributed by atoms with E-state index in [4.69, 9.17) is 0 Å². The highest BCUT2D eigenvalue weighted by Gasteiger charge is 2.09. The van der Waals surface area contributed by atoms with Gasteiger partial charge < -0.3 is 0 Å². The van der Waals surface area contributed by atoms with Gasteiger partial charge in [0.05, 0.1) is 11.9 Å². The van der Waals surface area contributed by atoms with E-state index in [9.17, 15) is 4.79 Å². The van der Waals surface area contributed by atoms with Crippen LogP contribution in [0.1, 0.15) is 0 Å². The highest BCUT2D eigenvalue weighted by atomic mass is 32.2. The molecule has 2 aromatic heterocycles. The first-order chi connectivity index (χ1) is 8.81. The first-order valence-corrected chi connectivity index (χ1v) is 6.72. The van der Waals surface area contributed by atoms with Crippen molar-refractivity contribution >= 4 is 11.8 Å². The lowest BCUT2D eigenvalue weighted by Crippen LogP contribution is -2.15. The molecular formula is C13H11N3OS. The molecule has 0 N–H and O–H groups in total. The van der Waals surface area contributed by atoms with Crippen LogP contribution in [-0.2, 0) is 0 Å². The van der Waals surface area contributed by atoms with Gasteiger partial charge in [0.15, 0.2) is 5.16 Å². The standard InChI is InChI=1S/C13H11N3OS/c1-18-13-14-9-11(10-5-3-2-4-6-10)16-12(17)7-8-15(13)16/h2-9H,1H3. The summed E-state index contributed by atoms with van der Waals surface area (Å²) in [6.07, 6.45) is 5.42. The number of thioether (sulfide) groups is 1. The van der Waals surface area contributed by atoms with Crippen molar-refractivity contribution in [1.82, 2.24) is 14.0 Å². The number of benzene rings is 1. The molecule has 5 heteroatoms. The van der Waals surface area contributed by atoms with Crippen molar-refractivity contribution in [3.05, 3.63) is 59.1 Å². The molecule has 0 aliphatic carbocycles. The second-order valence-corrected chi connectivity index (χ2v) is 4.58. The van der Waals surface area contributed by atoms with E-state index in [1.54, 1.807) is 27.5 Å². The average molecular weight is 257 g/mol. The molecule has 18 heavy (non-hydrogen) atoms. The SMILES string of the molecule is CSc1ncc(-c2ccccc2)n2c(=O)ccn12. The number of hydrogen-bond donors (Lipinski definition) is 0. The zero-order chi connectivity index (χ0) is 12.5. The monoisotopic (exact) mass is 257 g/mol. The number of fused-ring (bicyclic) bond motifs is 1. The van der Waals surface area contributed by atoms with Crippen LogP contribution in [0.5, 0.6) is 0 Å². The molecule has 0 amide bonds. The summed E-state index contributed by atoms with van der Waals surface area (Å²) in [4.78, 5) is 16.3. The van der Waals surface area contributed by atoms with Crippen LogP contribution in [-0.4, -0.2) is 20.3 Å². The lowest BCUT2D eigenvalue weighted by molar-refractivity contribution is 0.685. The van der Waals surface area contributed by atoms with E-state index < -0.39 is 0 Å². The summed E-state index contributed by atoms with van der Waals surface area (Å²) in [5, 5.41) is 0.789. The van der Waals surface area contributed by atoms with Crippen LogP contribution in [0.3, 0.4) is 0 Å². The van der Waals surface area contributed by atoms with E-state index in [2.05, 4.69) is 4.98 Å². The molecule has 4 nitrogen and oxygen atoms in total. The van der Waals surface area contributed by atoms with Crippen molar-refractivity contribution < 1.29 is 0 Å². The third kappa shape index (κ3) is 1.64. The van der Waals surface area contributed by atoms with E-state index in [0.717, 1.165) is 16.4 Å². The van der Waals surface area contributed by atoms with Gasteiger partial charge in [0, 0.05) is 17.8 Å². The molecule has 3 rings (SSSR count). The zero-order valence-corrected chi connectivity index (χ0v) is 10.6. The highest BCUT2D eigenvalue weighted by molar-refractivity contribution is 7.98. The summed E-state index contributed by atoms with van der Waals surface area (Å²) in [7, 11) is 0. The van der Waals surface area contributed by atoms with Crippen molar-refractivity contribution in [2.75, 3.05) is 6.26 Å². The van der Waals surface area contributed by atoms with Gasteiger partial charge in [-0.05, 0) is 6.26 Å². The molecule has 0 spiro atoms. The molecule has 0 atom stereocenters. The molecule has 90 valence electrons. The summed E-state index contributed by atoms with van der Waals surface area (Å²) < 4.78 is 3.41. The molecule has 0 unspecified atom stereocenters. The Kier molecular flexibility index (Phi) is 2.68. The molecule has 2 heterocycles. The van der Waals surface area contributed by atoms with Gasteiger partial charge in [-0.25, -0.2) is 14.0 Å². The minimum absolute atomic E-state index is 0.0495. The Morgan fingerprint density at radius 1 is 1.17 bits per heavy atom. The Morgan fingerprint density at radius 3 is 2.67 bits per heavy atom. The van der Waals surface area contributed by atoms with Gasteiger partial charge in [0.2, 0.25) is 0 Å². The van der Waals surface area contributed by atoms with Gasteiger partial charge in [-0.3, -0.25) is 4.79 Å². The lowest BCUT2D eigenvalue weighted by Gasteiger charge is -2.08. The van der Waals surface area contributed by atoms with Gasteiger partial charge in [-0.2, -0.15) is 0 Å². The van der Waals surface area contributed by atoms with Gasteiger partial charge >= 0.3 is 0 Å². The summed E-state index contributed by atoms with van der Waals surface area (Å²) in [6, 6.07) is 11.3. The summed E-state index contributed by atoms with van der Waals surface area (Å²) >= 11 is 1.51. The highest BCUT2D eigenvalue weighted by Crippen LogP contribution is 2.19. The van der Waals surface area contributed by atoms with Crippen LogP contribution in [0, 0.1) is 0 Å². The summed E-state index contributed by atoms with van der Waals surface area (Å²) in [6.45, 7) is 0. The summed E-state index contributed by atoms with van der Waals surface area (Å²) in [5.74, 6) is 0. The maximum atomic E-state index is 11.9. The topological polar surface area (TPSA) is 38.8 Å². The quantitative estimate of drug-likeness (QED) is 0.660.